The van der Waals surface area contributed by atoms with Crippen molar-refractivity contribution in [3.63, 3.8) is 0 Å². The summed E-state index contributed by atoms with van der Waals surface area (Å²) < 4.78 is 51.7. The molecule has 180 valence electrons. The van der Waals surface area contributed by atoms with E-state index in [-0.39, 0.29) is 35.6 Å². The molecule has 2 heterocycles. The highest BCUT2D eigenvalue weighted by Gasteiger charge is 2.36. The number of allylic oxidation sites excluding steroid dienone is 1. The maximum Gasteiger partial charge on any atom is 0.419 e. The molecule has 1 aromatic carbocycles. The molecular weight excluding hydrogens is 439 g/mol. The van der Waals surface area contributed by atoms with E-state index in [9.17, 15) is 13.2 Å². The lowest BCUT2D eigenvalue weighted by atomic mass is 10.1. The van der Waals surface area contributed by atoms with Gasteiger partial charge in [-0.1, -0.05) is 42.2 Å². The van der Waals surface area contributed by atoms with Crippen LogP contribution in [-0.2, 0) is 6.18 Å². The topological polar surface area (TPSA) is 110 Å². The summed E-state index contributed by atoms with van der Waals surface area (Å²) in [6.07, 6.45) is 4.55. The molecule has 8 nitrogen and oxygen atoms in total. The molecule has 0 unspecified atom stereocenters. The van der Waals surface area contributed by atoms with Crippen LogP contribution in [0.3, 0.4) is 0 Å². The van der Waals surface area contributed by atoms with E-state index in [1.54, 1.807) is 11.0 Å². The van der Waals surface area contributed by atoms with E-state index in [1.807, 2.05) is 6.08 Å². The first kappa shape index (κ1) is 24.4. The van der Waals surface area contributed by atoms with Crippen LogP contribution < -0.4 is 10.5 Å². The van der Waals surface area contributed by atoms with Crippen LogP contribution in [0.5, 0.6) is 5.75 Å². The Bertz CT molecular complexity index is 974. The monoisotopic (exact) mass is 467 g/mol. The third kappa shape index (κ3) is 6.17. The fourth-order valence-corrected chi connectivity index (χ4v) is 3.70. The van der Waals surface area contributed by atoms with Crippen LogP contribution in [0.2, 0.25) is 0 Å². The Labute approximate surface area is 189 Å². The number of nitrogens with two attached hydrogens (primary N) is 1. The number of likely N-dealkylation sites (tertiary alicyclic amines) is 1. The molecule has 0 amide bonds. The van der Waals surface area contributed by atoms with Crippen molar-refractivity contribution in [2.24, 2.45) is 10.9 Å². The van der Waals surface area contributed by atoms with Crippen molar-refractivity contribution in [3.05, 3.63) is 41.8 Å². The predicted molar refractivity (Wildman–Crippen MR) is 116 cm³/mol. The van der Waals surface area contributed by atoms with Gasteiger partial charge in [0.05, 0.1) is 5.56 Å². The van der Waals surface area contributed by atoms with Crippen LogP contribution >= 0.6 is 0 Å². The summed E-state index contributed by atoms with van der Waals surface area (Å²) in [5.74, 6) is -0.139. The largest absolute Gasteiger partial charge is 0.489 e. The lowest BCUT2D eigenvalue weighted by molar-refractivity contribution is -0.138. The summed E-state index contributed by atoms with van der Waals surface area (Å²) in [6, 6.07) is 3.26. The van der Waals surface area contributed by atoms with Gasteiger partial charge in [-0.25, -0.2) is 0 Å². The Kier molecular flexibility index (Phi) is 8.18. The van der Waals surface area contributed by atoms with E-state index in [0.29, 0.717) is 13.0 Å². The van der Waals surface area contributed by atoms with Crippen molar-refractivity contribution in [2.75, 3.05) is 13.2 Å². The summed E-state index contributed by atoms with van der Waals surface area (Å²) in [4.78, 5) is 5.86. The third-order valence-corrected chi connectivity index (χ3v) is 5.40. The molecule has 0 aliphatic carbocycles. The first-order valence-corrected chi connectivity index (χ1v) is 10.9. The van der Waals surface area contributed by atoms with E-state index < -0.39 is 17.8 Å². The van der Waals surface area contributed by atoms with Gasteiger partial charge in [-0.2, -0.15) is 18.2 Å². The molecule has 1 atom stereocenters. The lowest BCUT2D eigenvalue weighted by Crippen LogP contribution is -2.36. The number of alkyl halides is 3. The molecule has 0 saturated carbocycles. The SMILES string of the molecule is CCCCCC=CCOc1ccc(-c2noc([C@@H]3CCCN3/C(N)=N/O)n2)cc1C(F)(F)F. The zero-order chi connectivity index (χ0) is 23.8. The number of hydrogen-bond donors (Lipinski definition) is 2. The van der Waals surface area contributed by atoms with Crippen LogP contribution in [0.15, 0.2) is 40.0 Å². The molecule has 0 bridgehead atoms. The zero-order valence-corrected chi connectivity index (χ0v) is 18.4. The average molecular weight is 467 g/mol. The predicted octanol–water partition coefficient (Wildman–Crippen LogP) is 5.11. The van der Waals surface area contributed by atoms with Gasteiger partial charge in [-0.15, -0.1) is 0 Å². The number of guanidine groups is 1. The van der Waals surface area contributed by atoms with E-state index in [0.717, 1.165) is 38.2 Å². The quantitative estimate of drug-likeness (QED) is 0.132. The zero-order valence-electron chi connectivity index (χ0n) is 18.4. The van der Waals surface area contributed by atoms with E-state index in [4.69, 9.17) is 20.2 Å². The molecule has 11 heteroatoms. The Morgan fingerprint density at radius 1 is 1.36 bits per heavy atom. The molecule has 0 spiro atoms. The lowest BCUT2D eigenvalue weighted by Gasteiger charge is -2.21. The minimum atomic E-state index is -4.61. The van der Waals surface area contributed by atoms with E-state index in [1.165, 1.54) is 12.1 Å². The number of aromatic nitrogens is 2. The van der Waals surface area contributed by atoms with Crippen LogP contribution in [-0.4, -0.2) is 39.4 Å². The molecular formula is C22H28F3N5O3. The molecule has 1 aliphatic heterocycles. The van der Waals surface area contributed by atoms with Crippen LogP contribution in [0.4, 0.5) is 13.2 Å². The van der Waals surface area contributed by atoms with E-state index in [2.05, 4.69) is 22.2 Å². The number of halogens is 3. The second kappa shape index (κ2) is 11.1. The normalized spacial score (nSPS) is 17.3. The van der Waals surface area contributed by atoms with Gasteiger partial charge < -0.3 is 25.1 Å². The van der Waals surface area contributed by atoms with Gasteiger partial charge in [0.1, 0.15) is 18.4 Å². The molecule has 3 N–H and O–H groups in total. The van der Waals surface area contributed by atoms with Gasteiger partial charge in [-0.05, 0) is 43.9 Å². The second-order valence-corrected chi connectivity index (χ2v) is 7.75. The maximum atomic E-state index is 13.7. The minimum Gasteiger partial charge on any atom is -0.489 e. The van der Waals surface area contributed by atoms with Gasteiger partial charge in [0.25, 0.3) is 0 Å². The van der Waals surface area contributed by atoms with Gasteiger partial charge in [0.2, 0.25) is 17.7 Å². The van der Waals surface area contributed by atoms with Crippen molar-refractivity contribution in [1.82, 2.24) is 15.0 Å². The van der Waals surface area contributed by atoms with Crippen molar-refractivity contribution < 1.29 is 27.6 Å². The van der Waals surface area contributed by atoms with Crippen molar-refractivity contribution in [2.45, 2.75) is 57.7 Å². The van der Waals surface area contributed by atoms with Crippen molar-refractivity contribution in [3.8, 4) is 17.1 Å². The molecule has 1 aromatic heterocycles. The van der Waals surface area contributed by atoms with Gasteiger partial charge in [-0.3, -0.25) is 0 Å². The molecule has 1 fully saturated rings. The highest BCUT2D eigenvalue weighted by molar-refractivity contribution is 5.78. The second-order valence-electron chi connectivity index (χ2n) is 7.75. The molecule has 33 heavy (non-hydrogen) atoms. The summed E-state index contributed by atoms with van der Waals surface area (Å²) >= 11 is 0. The number of ether oxygens (including phenoxy) is 1. The number of rotatable bonds is 9. The average Bonchev–Trinajstić information content (AvgIpc) is 3.47. The van der Waals surface area contributed by atoms with Crippen LogP contribution in [0.25, 0.3) is 11.4 Å². The Morgan fingerprint density at radius 2 is 2.18 bits per heavy atom. The number of oxime groups is 1. The van der Waals surface area contributed by atoms with E-state index >= 15 is 0 Å². The Balaban J connectivity index is 1.75. The van der Waals surface area contributed by atoms with Gasteiger partial charge in [0, 0.05) is 12.1 Å². The highest BCUT2D eigenvalue weighted by Crippen LogP contribution is 2.39. The maximum absolute atomic E-state index is 13.7. The fraction of sp³-hybridized carbons (Fsp3) is 0.500. The summed E-state index contributed by atoms with van der Waals surface area (Å²) in [7, 11) is 0. The summed E-state index contributed by atoms with van der Waals surface area (Å²) in [6.45, 7) is 2.69. The smallest absolute Gasteiger partial charge is 0.419 e. The Hall–Kier alpha value is -3.24. The van der Waals surface area contributed by atoms with Crippen molar-refractivity contribution >= 4 is 5.96 Å². The molecule has 2 aromatic rings. The molecule has 1 aliphatic rings. The number of hydrogen-bond acceptors (Lipinski definition) is 6. The number of nitrogens with zero attached hydrogens (tertiary/aromatic N) is 4. The third-order valence-electron chi connectivity index (χ3n) is 5.40. The summed E-state index contributed by atoms with van der Waals surface area (Å²) in [5, 5.41) is 15.8. The Morgan fingerprint density at radius 3 is 2.91 bits per heavy atom. The number of unbranched alkanes of at least 4 members (excludes halogenated alkanes) is 3. The van der Waals surface area contributed by atoms with Crippen molar-refractivity contribution in [1.29, 1.82) is 0 Å². The minimum absolute atomic E-state index is 0.0178. The first-order chi connectivity index (χ1) is 15.8. The highest BCUT2D eigenvalue weighted by atomic mass is 19.4. The first-order valence-electron chi connectivity index (χ1n) is 10.9. The molecule has 1 saturated heterocycles. The van der Waals surface area contributed by atoms with Gasteiger partial charge >= 0.3 is 6.18 Å². The standard InChI is InChI=1S/C22H28F3N5O3/c1-2-3-4-5-6-7-13-32-18-11-10-15(14-16(18)22(23,24)25)19-27-20(33-29-19)17-9-8-12-30(17)21(26)28-31/h6-7,10-11,14,17,31H,2-5,8-9,12-13H2,1H3,(H2,26,28)/t17-/m0/s1. The molecule has 3 rings (SSSR count). The van der Waals surface area contributed by atoms with Crippen LogP contribution in [0, 0.1) is 0 Å². The number of benzene rings is 1. The summed E-state index contributed by atoms with van der Waals surface area (Å²) in [5.41, 5.74) is 4.92. The van der Waals surface area contributed by atoms with Crippen LogP contribution in [0.1, 0.15) is 62.9 Å². The fourth-order valence-electron chi connectivity index (χ4n) is 3.70. The van der Waals surface area contributed by atoms with Gasteiger partial charge in [0.15, 0.2) is 0 Å². The molecule has 0 radical (unpaired) electrons.